The summed E-state index contributed by atoms with van der Waals surface area (Å²) in [6, 6.07) is 15.5. The zero-order valence-electron chi connectivity index (χ0n) is 18.7. The number of alkyl carbamates (subject to hydrolysis) is 1. The van der Waals surface area contributed by atoms with Crippen LogP contribution in [0.2, 0.25) is 0 Å². The van der Waals surface area contributed by atoms with Crippen LogP contribution >= 0.6 is 0 Å². The van der Waals surface area contributed by atoms with Crippen LogP contribution in [0, 0.1) is 0 Å². The fourth-order valence-corrected chi connectivity index (χ4v) is 4.60. The summed E-state index contributed by atoms with van der Waals surface area (Å²) < 4.78 is 10.9. The van der Waals surface area contributed by atoms with Crippen molar-refractivity contribution in [2.24, 2.45) is 0 Å². The molecule has 8 heteroatoms. The van der Waals surface area contributed by atoms with Crippen molar-refractivity contribution in [1.82, 2.24) is 10.2 Å². The first-order valence-electron chi connectivity index (χ1n) is 11.0. The van der Waals surface area contributed by atoms with Gasteiger partial charge in [0.15, 0.2) is 0 Å². The van der Waals surface area contributed by atoms with E-state index in [1.807, 2.05) is 36.4 Å². The smallest absolute Gasteiger partial charge is 0.408 e. The third-order valence-corrected chi connectivity index (χ3v) is 6.19. The molecule has 2 aromatic carbocycles. The maximum absolute atomic E-state index is 13.1. The van der Waals surface area contributed by atoms with Crippen LogP contribution in [0.4, 0.5) is 4.79 Å². The monoisotopic (exact) mass is 452 g/mol. The third kappa shape index (κ3) is 4.71. The SMILES string of the molecule is CC(C)(NC(=O)OCC1c2ccccc2-c2ccccc21)C(=O)N1CCOCC1CC(=O)O. The van der Waals surface area contributed by atoms with E-state index in [9.17, 15) is 14.4 Å². The summed E-state index contributed by atoms with van der Waals surface area (Å²) in [5.41, 5.74) is 3.21. The number of rotatable bonds is 6. The first-order valence-corrected chi connectivity index (χ1v) is 11.0. The van der Waals surface area contributed by atoms with Crippen molar-refractivity contribution in [3.63, 3.8) is 0 Å². The number of carbonyl (C=O) groups excluding carboxylic acids is 2. The Morgan fingerprint density at radius 1 is 1.09 bits per heavy atom. The van der Waals surface area contributed by atoms with E-state index < -0.39 is 23.6 Å². The largest absolute Gasteiger partial charge is 0.481 e. The minimum absolute atomic E-state index is 0.0823. The first kappa shape index (κ1) is 22.8. The second-order valence-corrected chi connectivity index (χ2v) is 8.90. The van der Waals surface area contributed by atoms with Gasteiger partial charge < -0.3 is 24.8 Å². The summed E-state index contributed by atoms with van der Waals surface area (Å²) in [7, 11) is 0. The average molecular weight is 453 g/mol. The highest BCUT2D eigenvalue weighted by atomic mass is 16.5. The molecule has 2 amide bonds. The third-order valence-electron chi connectivity index (χ3n) is 6.19. The summed E-state index contributed by atoms with van der Waals surface area (Å²) in [4.78, 5) is 38.4. The quantitative estimate of drug-likeness (QED) is 0.698. The van der Waals surface area contributed by atoms with E-state index in [1.54, 1.807) is 13.8 Å². The molecule has 2 aromatic rings. The summed E-state index contributed by atoms with van der Waals surface area (Å²) in [6.07, 6.45) is -0.912. The van der Waals surface area contributed by atoms with E-state index in [2.05, 4.69) is 17.4 Å². The number of amides is 2. The second-order valence-electron chi connectivity index (χ2n) is 8.90. The highest BCUT2D eigenvalue weighted by molar-refractivity contribution is 5.90. The number of carboxylic acids is 1. The Morgan fingerprint density at radius 3 is 2.30 bits per heavy atom. The van der Waals surface area contributed by atoms with Gasteiger partial charge in [0.2, 0.25) is 5.91 Å². The van der Waals surface area contributed by atoms with E-state index in [0.717, 1.165) is 22.3 Å². The lowest BCUT2D eigenvalue weighted by atomic mass is 9.98. The Balaban J connectivity index is 1.41. The molecule has 2 aliphatic rings. The number of morpholine rings is 1. The van der Waals surface area contributed by atoms with Gasteiger partial charge >= 0.3 is 12.1 Å². The van der Waals surface area contributed by atoms with Crippen molar-refractivity contribution in [2.75, 3.05) is 26.4 Å². The molecule has 1 fully saturated rings. The lowest BCUT2D eigenvalue weighted by Crippen LogP contribution is -2.61. The van der Waals surface area contributed by atoms with Gasteiger partial charge in [-0.2, -0.15) is 0 Å². The van der Waals surface area contributed by atoms with Crippen LogP contribution in [0.25, 0.3) is 11.1 Å². The molecule has 1 atom stereocenters. The van der Waals surface area contributed by atoms with Crippen molar-refractivity contribution < 1.29 is 29.0 Å². The number of carboxylic acid groups (broad SMARTS) is 1. The molecule has 0 bridgehead atoms. The Labute approximate surface area is 192 Å². The van der Waals surface area contributed by atoms with Gasteiger partial charge in [0.25, 0.3) is 0 Å². The molecule has 8 nitrogen and oxygen atoms in total. The number of ether oxygens (including phenoxy) is 2. The van der Waals surface area contributed by atoms with Crippen LogP contribution in [-0.2, 0) is 19.1 Å². The summed E-state index contributed by atoms with van der Waals surface area (Å²) in [5.74, 6) is -1.46. The molecule has 0 radical (unpaired) electrons. The van der Waals surface area contributed by atoms with Gasteiger partial charge in [-0.15, -0.1) is 0 Å². The summed E-state index contributed by atoms with van der Waals surface area (Å²) in [6.45, 7) is 4.06. The molecular formula is C25H28N2O6. The average Bonchev–Trinajstić information content (AvgIpc) is 3.11. The van der Waals surface area contributed by atoms with Gasteiger partial charge in [0.1, 0.15) is 12.1 Å². The van der Waals surface area contributed by atoms with E-state index in [-0.39, 0.29) is 38.0 Å². The highest BCUT2D eigenvalue weighted by Crippen LogP contribution is 2.44. The zero-order valence-corrected chi connectivity index (χ0v) is 18.7. The standard InChI is InChI=1S/C25H28N2O6/c1-25(2,23(30)27-11-12-32-14-16(27)13-22(28)29)26-24(31)33-15-21-19-9-5-3-7-17(19)18-8-4-6-10-20(18)21/h3-10,16,21H,11-15H2,1-2H3,(H,26,31)(H,28,29). The lowest BCUT2D eigenvalue weighted by molar-refractivity contribution is -0.150. The molecular weight excluding hydrogens is 424 g/mol. The molecule has 1 aliphatic carbocycles. The predicted octanol–water partition coefficient (Wildman–Crippen LogP) is 3.01. The van der Waals surface area contributed by atoms with Gasteiger partial charge in [0, 0.05) is 12.5 Å². The van der Waals surface area contributed by atoms with Crippen molar-refractivity contribution in [1.29, 1.82) is 0 Å². The van der Waals surface area contributed by atoms with Crippen LogP contribution < -0.4 is 5.32 Å². The van der Waals surface area contributed by atoms with Gasteiger partial charge in [-0.05, 0) is 36.1 Å². The number of carbonyl (C=O) groups is 3. The molecule has 0 aromatic heterocycles. The Bertz CT molecular complexity index is 1020. The zero-order chi connectivity index (χ0) is 23.6. The Morgan fingerprint density at radius 2 is 1.70 bits per heavy atom. The maximum atomic E-state index is 13.1. The number of benzene rings is 2. The van der Waals surface area contributed by atoms with Crippen LogP contribution in [0.1, 0.15) is 37.3 Å². The van der Waals surface area contributed by atoms with E-state index in [0.29, 0.717) is 6.61 Å². The molecule has 1 saturated heterocycles. The summed E-state index contributed by atoms with van der Waals surface area (Å²) in [5, 5.41) is 11.8. The Kier molecular flexibility index (Phi) is 6.37. The van der Waals surface area contributed by atoms with Crippen molar-refractivity contribution in [2.45, 2.75) is 37.8 Å². The summed E-state index contributed by atoms with van der Waals surface area (Å²) >= 11 is 0. The number of nitrogens with one attached hydrogen (secondary N) is 1. The van der Waals surface area contributed by atoms with E-state index in [4.69, 9.17) is 14.6 Å². The van der Waals surface area contributed by atoms with E-state index >= 15 is 0 Å². The highest BCUT2D eigenvalue weighted by Gasteiger charge is 2.39. The maximum Gasteiger partial charge on any atom is 0.408 e. The molecule has 0 spiro atoms. The number of aliphatic carboxylic acids is 1. The fraction of sp³-hybridized carbons (Fsp3) is 0.400. The van der Waals surface area contributed by atoms with Crippen LogP contribution in [0.5, 0.6) is 0 Å². The van der Waals surface area contributed by atoms with Gasteiger partial charge in [0.05, 0.1) is 25.7 Å². The number of nitrogens with zero attached hydrogens (tertiary/aromatic N) is 1. The number of hydrogen-bond donors (Lipinski definition) is 2. The topological polar surface area (TPSA) is 105 Å². The number of hydrogen-bond acceptors (Lipinski definition) is 5. The van der Waals surface area contributed by atoms with Crippen LogP contribution in [-0.4, -0.2) is 65.9 Å². The molecule has 0 saturated carbocycles. The fourth-order valence-electron chi connectivity index (χ4n) is 4.60. The minimum Gasteiger partial charge on any atom is -0.481 e. The molecule has 1 aliphatic heterocycles. The second kappa shape index (κ2) is 9.23. The van der Waals surface area contributed by atoms with Crippen molar-refractivity contribution >= 4 is 18.0 Å². The lowest BCUT2D eigenvalue weighted by Gasteiger charge is -2.39. The van der Waals surface area contributed by atoms with Gasteiger partial charge in [-0.1, -0.05) is 48.5 Å². The van der Waals surface area contributed by atoms with Crippen molar-refractivity contribution in [3.8, 4) is 11.1 Å². The van der Waals surface area contributed by atoms with Crippen LogP contribution in [0.15, 0.2) is 48.5 Å². The predicted molar refractivity (Wildman–Crippen MR) is 121 cm³/mol. The minimum atomic E-state index is -1.27. The Hall–Kier alpha value is -3.39. The number of fused-ring (bicyclic) bond motifs is 3. The normalized spacial score (nSPS) is 17.8. The first-order chi connectivity index (χ1) is 15.8. The van der Waals surface area contributed by atoms with Gasteiger partial charge in [-0.3, -0.25) is 9.59 Å². The molecule has 1 heterocycles. The van der Waals surface area contributed by atoms with Crippen molar-refractivity contribution in [3.05, 3.63) is 59.7 Å². The molecule has 33 heavy (non-hydrogen) atoms. The van der Waals surface area contributed by atoms with Gasteiger partial charge in [-0.25, -0.2) is 4.79 Å². The van der Waals surface area contributed by atoms with Crippen LogP contribution in [0.3, 0.4) is 0 Å². The van der Waals surface area contributed by atoms with E-state index in [1.165, 1.54) is 4.90 Å². The molecule has 2 N–H and O–H groups in total. The molecule has 4 rings (SSSR count). The molecule has 174 valence electrons. The molecule has 1 unspecified atom stereocenters.